The Labute approximate surface area is 358 Å². The molecule has 6 heterocycles. The topological polar surface area (TPSA) is 215 Å². The highest BCUT2D eigenvalue weighted by molar-refractivity contribution is 5.88. The van der Waals surface area contributed by atoms with E-state index in [0.29, 0.717) is 75.6 Å². The molecule has 2 aromatic heterocycles. The third-order valence-electron chi connectivity index (χ3n) is 13.8. The molecule has 10 rings (SSSR count). The zero-order chi connectivity index (χ0) is 42.5. The number of aromatic amines is 2. The fraction of sp³-hybridized carbons (Fsp3) is 0.478. The number of rotatable bonds is 10. The lowest BCUT2D eigenvalue weighted by Gasteiger charge is -2.35. The van der Waals surface area contributed by atoms with Crippen LogP contribution in [0.1, 0.15) is 86.2 Å². The zero-order valence-electron chi connectivity index (χ0n) is 34.2. The SMILES string of the molecule is O=C(O)N[C@H](C(=O)N1C2C[C@H]2C[C@H]1c1ncc(-c2ccc(C#Cc3ccc(-c4cnc([C@@H]5C[C@@H]6CC6N5C(=O)[C@@H](NC(=O)O)C5CCOCC5)[nH]4)cc3)cc2)[nH]1)C1CCOCC1. The molecular formula is C46H50N8O8. The lowest BCUT2D eigenvalue weighted by molar-refractivity contribution is -0.138. The van der Waals surface area contributed by atoms with E-state index in [1.807, 2.05) is 58.3 Å². The van der Waals surface area contributed by atoms with Crippen LogP contribution in [0.15, 0.2) is 60.9 Å². The number of aromatic nitrogens is 4. The van der Waals surface area contributed by atoms with E-state index in [0.717, 1.165) is 59.3 Å². The molecule has 6 fully saturated rings. The number of H-pyrrole nitrogens is 2. The third-order valence-corrected chi connectivity index (χ3v) is 13.8. The molecule has 4 aromatic rings. The summed E-state index contributed by atoms with van der Waals surface area (Å²) >= 11 is 0. The number of fused-ring (bicyclic) bond motifs is 2. The van der Waals surface area contributed by atoms with Gasteiger partial charge in [0.1, 0.15) is 23.7 Å². The Morgan fingerprint density at radius 3 is 1.37 bits per heavy atom. The Morgan fingerprint density at radius 2 is 1.00 bits per heavy atom. The fourth-order valence-corrected chi connectivity index (χ4v) is 10.4. The van der Waals surface area contributed by atoms with Crippen LogP contribution in [0.3, 0.4) is 0 Å². The van der Waals surface area contributed by atoms with Crippen molar-refractivity contribution in [2.45, 2.75) is 87.6 Å². The third kappa shape index (κ3) is 8.02. The van der Waals surface area contributed by atoms with E-state index in [1.54, 1.807) is 12.4 Å². The maximum Gasteiger partial charge on any atom is 0.405 e. The van der Waals surface area contributed by atoms with Crippen molar-refractivity contribution in [1.82, 2.24) is 40.4 Å². The van der Waals surface area contributed by atoms with Gasteiger partial charge >= 0.3 is 12.2 Å². The van der Waals surface area contributed by atoms with Crippen molar-refractivity contribution in [3.8, 4) is 34.4 Å². The van der Waals surface area contributed by atoms with Crippen molar-refractivity contribution < 1.29 is 38.9 Å². The van der Waals surface area contributed by atoms with Gasteiger partial charge in [-0.05, 0) is 110 Å². The number of amides is 4. The van der Waals surface area contributed by atoms with E-state index in [-0.39, 0.29) is 47.8 Å². The van der Waals surface area contributed by atoms with E-state index in [1.165, 1.54) is 0 Å². The van der Waals surface area contributed by atoms with Crippen molar-refractivity contribution in [1.29, 1.82) is 0 Å². The molecule has 2 saturated carbocycles. The van der Waals surface area contributed by atoms with Crippen LogP contribution in [0.4, 0.5) is 9.59 Å². The number of ether oxygens (including phenoxy) is 2. The number of hydrogen-bond acceptors (Lipinski definition) is 8. The minimum Gasteiger partial charge on any atom is -0.465 e. The summed E-state index contributed by atoms with van der Waals surface area (Å²) in [6, 6.07) is 13.9. The lowest BCUT2D eigenvalue weighted by atomic mass is 9.90. The van der Waals surface area contributed by atoms with Crippen LogP contribution in [0.2, 0.25) is 0 Å². The highest BCUT2D eigenvalue weighted by Crippen LogP contribution is 2.54. The van der Waals surface area contributed by atoms with Gasteiger partial charge in [-0.1, -0.05) is 36.1 Å². The number of likely N-dealkylation sites (tertiary alicyclic amines) is 2. The molecule has 0 bridgehead atoms. The summed E-state index contributed by atoms with van der Waals surface area (Å²) in [6.45, 7) is 2.07. The second kappa shape index (κ2) is 16.6. The van der Waals surface area contributed by atoms with Gasteiger partial charge in [0, 0.05) is 49.6 Å². The molecule has 0 spiro atoms. The average Bonchev–Trinajstić information content (AvgIpc) is 3.87. The first-order chi connectivity index (χ1) is 30.2. The molecule has 4 amide bonds. The Balaban J connectivity index is 0.780. The highest BCUT2D eigenvalue weighted by Gasteiger charge is 2.58. The summed E-state index contributed by atoms with van der Waals surface area (Å²) in [7, 11) is 0. The molecule has 2 aliphatic carbocycles. The Kier molecular flexibility index (Phi) is 10.7. The van der Waals surface area contributed by atoms with Crippen LogP contribution >= 0.6 is 0 Å². The number of piperidine rings is 2. The molecule has 2 aromatic carbocycles. The van der Waals surface area contributed by atoms with Crippen LogP contribution in [0.5, 0.6) is 0 Å². The van der Waals surface area contributed by atoms with Gasteiger partial charge < -0.3 is 50.1 Å². The minimum atomic E-state index is -1.19. The van der Waals surface area contributed by atoms with Gasteiger partial charge in [-0.2, -0.15) is 0 Å². The highest BCUT2D eigenvalue weighted by atomic mass is 16.5. The van der Waals surface area contributed by atoms with Crippen molar-refractivity contribution >= 4 is 24.0 Å². The predicted octanol–water partition coefficient (Wildman–Crippen LogP) is 5.32. The van der Waals surface area contributed by atoms with Crippen molar-refractivity contribution in [2.24, 2.45) is 23.7 Å². The second-order valence-electron chi connectivity index (χ2n) is 17.6. The maximum atomic E-state index is 14.0. The molecule has 6 aliphatic rings. The van der Waals surface area contributed by atoms with Gasteiger partial charge in [-0.3, -0.25) is 9.59 Å². The number of nitrogens with zero attached hydrogens (tertiary/aromatic N) is 4. The van der Waals surface area contributed by atoms with Gasteiger partial charge in [-0.25, -0.2) is 19.6 Å². The number of nitrogens with one attached hydrogen (secondary N) is 4. The van der Waals surface area contributed by atoms with E-state index < -0.39 is 24.3 Å². The van der Waals surface area contributed by atoms with Crippen LogP contribution in [0, 0.1) is 35.5 Å². The summed E-state index contributed by atoms with van der Waals surface area (Å²) in [4.78, 5) is 71.6. The van der Waals surface area contributed by atoms with Crippen molar-refractivity contribution in [3.05, 3.63) is 83.7 Å². The summed E-state index contributed by atoms with van der Waals surface area (Å²) in [5.41, 5.74) is 5.22. The molecule has 62 heavy (non-hydrogen) atoms. The fourth-order valence-electron chi connectivity index (χ4n) is 10.4. The first kappa shape index (κ1) is 39.9. The number of benzene rings is 2. The Morgan fingerprint density at radius 1 is 0.613 bits per heavy atom. The van der Waals surface area contributed by atoms with Crippen LogP contribution in [0.25, 0.3) is 22.5 Å². The van der Waals surface area contributed by atoms with E-state index in [2.05, 4.69) is 32.4 Å². The minimum absolute atomic E-state index is 0.107. The predicted molar refractivity (Wildman–Crippen MR) is 223 cm³/mol. The molecule has 4 saturated heterocycles. The zero-order valence-corrected chi connectivity index (χ0v) is 34.2. The van der Waals surface area contributed by atoms with Gasteiger partial charge in [0.2, 0.25) is 11.8 Å². The van der Waals surface area contributed by atoms with Crippen LogP contribution in [-0.4, -0.2) is 115 Å². The molecule has 0 radical (unpaired) electrons. The first-order valence-corrected chi connectivity index (χ1v) is 21.8. The largest absolute Gasteiger partial charge is 0.465 e. The number of hydrogen-bond donors (Lipinski definition) is 6. The maximum absolute atomic E-state index is 14.0. The van der Waals surface area contributed by atoms with Crippen molar-refractivity contribution in [3.63, 3.8) is 0 Å². The summed E-state index contributed by atoms with van der Waals surface area (Å²) < 4.78 is 11.0. The number of carbonyl (C=O) groups excluding carboxylic acids is 2. The molecule has 16 heteroatoms. The normalized spacial score (nSPS) is 26.4. The average molecular weight is 843 g/mol. The quantitative estimate of drug-likeness (QED) is 0.113. The molecule has 4 aliphatic heterocycles. The molecular weight excluding hydrogens is 793 g/mol. The van der Waals surface area contributed by atoms with E-state index in [9.17, 15) is 29.4 Å². The summed E-state index contributed by atoms with van der Waals surface area (Å²) in [6.07, 6.45) is 7.18. The van der Waals surface area contributed by atoms with E-state index >= 15 is 0 Å². The number of imidazole rings is 2. The lowest BCUT2D eigenvalue weighted by Crippen LogP contribution is -2.53. The van der Waals surface area contributed by atoms with Gasteiger partial charge in [-0.15, -0.1) is 0 Å². The van der Waals surface area contributed by atoms with Gasteiger partial charge in [0.15, 0.2) is 0 Å². The smallest absolute Gasteiger partial charge is 0.405 e. The summed E-state index contributed by atoms with van der Waals surface area (Å²) in [5.74, 6) is 8.15. The Bertz CT molecular complexity index is 2230. The molecule has 6 N–H and O–H groups in total. The Hall–Kier alpha value is -6.18. The first-order valence-electron chi connectivity index (χ1n) is 21.8. The molecule has 8 atom stereocenters. The van der Waals surface area contributed by atoms with Crippen LogP contribution < -0.4 is 10.6 Å². The number of carboxylic acid groups (broad SMARTS) is 2. The van der Waals surface area contributed by atoms with E-state index in [4.69, 9.17) is 19.4 Å². The molecule has 2 unspecified atom stereocenters. The van der Waals surface area contributed by atoms with Crippen molar-refractivity contribution in [2.75, 3.05) is 26.4 Å². The standard InChI is InChI=1S/C46H50N8O8/c55-43(39(51-45(57)58)29-11-15-61-16-12-29)53-35-19-31(35)21-37(53)41-47-23-33(49-41)27-7-3-25(4-8-27)1-2-26-5-9-28(10-6-26)34-24-48-42(50-34)38-22-32-20-36(32)54(38)44(56)40(52-46(59)60)30-13-17-62-18-14-30/h3-10,23-24,29-32,35-40,51-52H,11-22H2,(H,47,49)(H,48,50)(H,57,58)(H,59,60)/t31-,32-,35?,36?,37-,38-,39-,40-/m0/s1. The van der Waals surface area contributed by atoms with Gasteiger partial charge in [0.05, 0.1) is 35.9 Å². The molecule has 16 nitrogen and oxygen atoms in total. The van der Waals surface area contributed by atoms with Crippen LogP contribution in [-0.2, 0) is 19.1 Å². The van der Waals surface area contributed by atoms with Gasteiger partial charge in [0.25, 0.3) is 0 Å². The number of carbonyl (C=O) groups is 4. The monoisotopic (exact) mass is 842 g/mol. The summed E-state index contributed by atoms with van der Waals surface area (Å²) in [5, 5.41) is 24.3. The second-order valence-corrected chi connectivity index (χ2v) is 17.6. The molecule has 322 valence electrons.